The summed E-state index contributed by atoms with van der Waals surface area (Å²) in [5.41, 5.74) is 11.8. The Balaban J connectivity index is 0.000000538. The molecule has 0 bridgehead atoms. The van der Waals surface area contributed by atoms with Crippen LogP contribution in [0.4, 0.5) is 0 Å². The van der Waals surface area contributed by atoms with E-state index in [9.17, 15) is 0 Å². The van der Waals surface area contributed by atoms with Gasteiger partial charge >= 0.3 is 0 Å². The van der Waals surface area contributed by atoms with Gasteiger partial charge in [0.1, 0.15) is 0 Å². The van der Waals surface area contributed by atoms with Crippen molar-refractivity contribution in [1.82, 2.24) is 4.57 Å². The Morgan fingerprint density at radius 3 is 1.40 bits per heavy atom. The number of para-hydroxylation sites is 3. The van der Waals surface area contributed by atoms with Crippen molar-refractivity contribution in [2.75, 3.05) is 0 Å². The molecule has 0 radical (unpaired) electrons. The molecule has 0 saturated carbocycles. The van der Waals surface area contributed by atoms with Gasteiger partial charge in [0.05, 0.1) is 22.1 Å². The molecule has 1 aliphatic heterocycles. The number of nitrogens with zero attached hydrogens (tertiary/aromatic N) is 1. The summed E-state index contributed by atoms with van der Waals surface area (Å²) in [6, 6.07) is 42.7. The quantitative estimate of drug-likeness (QED) is 0.171. The Labute approximate surface area is 262 Å². The monoisotopic (exact) mass is 571 g/mol. The van der Waals surface area contributed by atoms with Crippen LogP contribution < -0.4 is 0 Å². The van der Waals surface area contributed by atoms with Crippen molar-refractivity contribution in [3.63, 3.8) is 0 Å². The summed E-state index contributed by atoms with van der Waals surface area (Å²) >= 11 is 0. The first-order valence-electron chi connectivity index (χ1n) is 16.2. The smallest absolute Gasteiger partial charge is 0.0754 e. The second-order valence-corrected chi connectivity index (χ2v) is 8.91. The van der Waals surface area contributed by atoms with Gasteiger partial charge in [-0.05, 0) is 45.5 Å². The molecule has 2 heterocycles. The average molecular weight is 572 g/mol. The minimum atomic E-state index is -0.312. The summed E-state index contributed by atoms with van der Waals surface area (Å²) in [5, 5.41) is 2.64. The fourth-order valence-electron chi connectivity index (χ4n) is 6.52. The van der Waals surface area contributed by atoms with Gasteiger partial charge in [0.25, 0.3) is 0 Å². The standard InChI is InChI=1S/C31H19N.5C2H6.CH4/c1-4-14-24-20(10-1)21-11-2-5-15-25(21)31(24)26-16-6-8-19-29(26)32-28-18-7-3-12-22(28)23-13-9-17-27(31)30(23)32;5*1-2;/h1-19H;5*1-2H3;1H4. The van der Waals surface area contributed by atoms with Gasteiger partial charge in [-0.25, -0.2) is 0 Å². The molecule has 0 saturated heterocycles. The topological polar surface area (TPSA) is 4.93 Å². The van der Waals surface area contributed by atoms with Crippen LogP contribution in [-0.2, 0) is 5.41 Å². The lowest BCUT2D eigenvalue weighted by Gasteiger charge is -2.39. The van der Waals surface area contributed by atoms with E-state index < -0.39 is 0 Å². The minimum Gasteiger partial charge on any atom is -0.309 e. The molecular formula is C42H53N. The maximum Gasteiger partial charge on any atom is 0.0754 e. The van der Waals surface area contributed by atoms with E-state index in [-0.39, 0.29) is 12.8 Å². The third-order valence-corrected chi connectivity index (χ3v) is 7.60. The van der Waals surface area contributed by atoms with Crippen LogP contribution >= 0.6 is 0 Å². The number of aromatic nitrogens is 1. The molecule has 8 rings (SSSR count). The van der Waals surface area contributed by atoms with E-state index in [1.54, 1.807) is 0 Å². The Hall–Kier alpha value is -4.10. The third kappa shape index (κ3) is 5.10. The van der Waals surface area contributed by atoms with E-state index in [1.807, 2.05) is 69.2 Å². The van der Waals surface area contributed by atoms with Crippen molar-refractivity contribution < 1.29 is 0 Å². The maximum atomic E-state index is 2.49. The molecule has 1 aromatic heterocycles. The van der Waals surface area contributed by atoms with Crippen molar-refractivity contribution in [3.05, 3.63) is 138 Å². The predicted molar refractivity (Wildman–Crippen MR) is 195 cm³/mol. The molecule has 6 aromatic rings. The lowest BCUT2D eigenvalue weighted by Crippen LogP contribution is -2.33. The van der Waals surface area contributed by atoms with E-state index in [0.29, 0.717) is 0 Å². The SMILES string of the molecule is C.CC.CC.CC.CC.CC.c1ccc2c(c1)-c1ccccc1C21c2ccccc2-n2c3ccccc3c3cccc1c32. The second-order valence-electron chi connectivity index (χ2n) is 8.91. The normalized spacial score (nSPS) is 11.5. The number of fused-ring (bicyclic) bond motifs is 12. The molecule has 0 N–H and O–H groups in total. The maximum absolute atomic E-state index is 2.49. The van der Waals surface area contributed by atoms with E-state index in [4.69, 9.17) is 0 Å². The van der Waals surface area contributed by atoms with Gasteiger partial charge < -0.3 is 4.57 Å². The molecule has 0 amide bonds. The molecule has 1 heteroatoms. The average Bonchev–Trinajstić information content (AvgIpc) is 3.60. The van der Waals surface area contributed by atoms with Crippen LogP contribution in [0, 0.1) is 0 Å². The zero-order chi connectivity index (χ0) is 30.9. The molecule has 0 atom stereocenters. The van der Waals surface area contributed by atoms with Crippen LogP contribution in [0.5, 0.6) is 0 Å². The lowest BCUT2D eigenvalue weighted by molar-refractivity contribution is 0.748. The molecule has 226 valence electrons. The summed E-state index contributed by atoms with van der Waals surface area (Å²) in [4.78, 5) is 0. The van der Waals surface area contributed by atoms with Gasteiger partial charge in [-0.2, -0.15) is 0 Å². The van der Waals surface area contributed by atoms with Gasteiger partial charge in [-0.15, -0.1) is 0 Å². The minimum absolute atomic E-state index is 0. The molecule has 2 aliphatic rings. The summed E-state index contributed by atoms with van der Waals surface area (Å²) in [5.74, 6) is 0. The first-order chi connectivity index (χ1) is 20.9. The Bertz CT molecular complexity index is 1690. The van der Waals surface area contributed by atoms with E-state index in [1.165, 1.54) is 60.9 Å². The Morgan fingerprint density at radius 1 is 0.395 bits per heavy atom. The second kappa shape index (κ2) is 15.9. The van der Waals surface area contributed by atoms with E-state index in [0.717, 1.165) is 0 Å². The largest absolute Gasteiger partial charge is 0.309 e. The van der Waals surface area contributed by atoms with E-state index in [2.05, 4.69) is 120 Å². The summed E-state index contributed by atoms with van der Waals surface area (Å²) in [6.45, 7) is 20.0. The molecule has 5 aromatic carbocycles. The zero-order valence-electron chi connectivity index (χ0n) is 27.4. The van der Waals surface area contributed by atoms with Crippen LogP contribution in [0.3, 0.4) is 0 Å². The molecule has 0 fully saturated rings. The molecule has 1 nitrogen and oxygen atoms in total. The van der Waals surface area contributed by atoms with Crippen molar-refractivity contribution >= 4 is 21.8 Å². The van der Waals surface area contributed by atoms with Gasteiger partial charge in [0, 0.05) is 10.8 Å². The highest BCUT2D eigenvalue weighted by Gasteiger charge is 2.50. The Kier molecular flexibility index (Phi) is 13.0. The van der Waals surface area contributed by atoms with Crippen LogP contribution in [0.1, 0.15) is 98.9 Å². The zero-order valence-corrected chi connectivity index (χ0v) is 27.4. The molecule has 43 heavy (non-hydrogen) atoms. The number of rotatable bonds is 0. The van der Waals surface area contributed by atoms with Crippen LogP contribution in [0.25, 0.3) is 38.6 Å². The Morgan fingerprint density at radius 2 is 0.814 bits per heavy atom. The molecule has 1 spiro atoms. The van der Waals surface area contributed by atoms with Crippen LogP contribution in [0.2, 0.25) is 0 Å². The summed E-state index contributed by atoms with van der Waals surface area (Å²) < 4.78 is 2.49. The van der Waals surface area contributed by atoms with Gasteiger partial charge in [0.15, 0.2) is 0 Å². The van der Waals surface area contributed by atoms with E-state index >= 15 is 0 Å². The lowest BCUT2D eigenvalue weighted by atomic mass is 9.65. The molecule has 0 unspecified atom stereocenters. The first kappa shape index (κ1) is 35.1. The van der Waals surface area contributed by atoms with Crippen LogP contribution in [0.15, 0.2) is 115 Å². The number of hydrogen-bond acceptors (Lipinski definition) is 0. The van der Waals surface area contributed by atoms with Gasteiger partial charge in [-0.1, -0.05) is 180 Å². The van der Waals surface area contributed by atoms with Crippen molar-refractivity contribution in [2.45, 2.75) is 82.1 Å². The fraction of sp³-hybridized carbons (Fsp3) is 0.286. The highest BCUT2D eigenvalue weighted by Crippen LogP contribution is 2.60. The molecule has 1 aliphatic carbocycles. The highest BCUT2D eigenvalue weighted by molar-refractivity contribution is 6.12. The highest BCUT2D eigenvalue weighted by atomic mass is 15.0. The van der Waals surface area contributed by atoms with Crippen LogP contribution in [-0.4, -0.2) is 4.57 Å². The van der Waals surface area contributed by atoms with Crippen molar-refractivity contribution in [3.8, 4) is 16.8 Å². The van der Waals surface area contributed by atoms with Gasteiger partial charge in [0.2, 0.25) is 0 Å². The first-order valence-corrected chi connectivity index (χ1v) is 16.2. The number of benzene rings is 5. The van der Waals surface area contributed by atoms with Crippen molar-refractivity contribution in [2.24, 2.45) is 0 Å². The number of hydrogen-bond donors (Lipinski definition) is 0. The van der Waals surface area contributed by atoms with Crippen molar-refractivity contribution in [1.29, 1.82) is 0 Å². The fourth-order valence-corrected chi connectivity index (χ4v) is 6.52. The molecular weight excluding hydrogens is 518 g/mol. The summed E-state index contributed by atoms with van der Waals surface area (Å²) in [7, 11) is 0. The van der Waals surface area contributed by atoms with Gasteiger partial charge in [-0.3, -0.25) is 0 Å². The summed E-state index contributed by atoms with van der Waals surface area (Å²) in [6.07, 6.45) is 0. The third-order valence-electron chi connectivity index (χ3n) is 7.60. The predicted octanol–water partition coefficient (Wildman–Crippen LogP) is 13.2.